The summed E-state index contributed by atoms with van der Waals surface area (Å²) in [6, 6.07) is 15.4. The van der Waals surface area contributed by atoms with Crippen LogP contribution in [-0.4, -0.2) is 69.9 Å². The molecule has 1 N–H and O–H groups in total. The summed E-state index contributed by atoms with van der Waals surface area (Å²) in [7, 11) is 0. The van der Waals surface area contributed by atoms with Gasteiger partial charge in [-0.25, -0.2) is 37.5 Å². The Kier molecular flexibility index (Phi) is 9.44. The minimum atomic E-state index is -2.02. The second-order valence-electron chi connectivity index (χ2n) is 13.2. The quantitative estimate of drug-likeness (QED) is 0.207. The Balaban J connectivity index is 1.07. The lowest BCUT2D eigenvalue weighted by Gasteiger charge is -2.37. The molecular weight excluding hydrogens is 670 g/mol. The number of aromatic nitrogens is 8. The maximum absolute atomic E-state index is 15.1. The summed E-state index contributed by atoms with van der Waals surface area (Å²) < 4.78 is 34.7. The van der Waals surface area contributed by atoms with E-state index in [4.69, 9.17) is 0 Å². The molecule has 6 aromatic rings. The molecular formula is C37H40F2N10O3. The molecule has 3 aromatic carbocycles. The summed E-state index contributed by atoms with van der Waals surface area (Å²) in [4.78, 5) is 39.8. The Morgan fingerprint density at radius 2 is 1.50 bits per heavy atom. The van der Waals surface area contributed by atoms with Gasteiger partial charge >= 0.3 is 5.69 Å². The predicted octanol–water partition coefficient (Wildman–Crippen LogP) is 4.45. The Bertz CT molecular complexity index is 2290. The van der Waals surface area contributed by atoms with Crippen LogP contribution in [0.25, 0.3) is 16.6 Å². The maximum atomic E-state index is 15.1. The highest BCUT2D eigenvalue weighted by Crippen LogP contribution is 2.36. The van der Waals surface area contributed by atoms with Crippen LogP contribution in [0.1, 0.15) is 51.3 Å². The molecule has 3 aromatic heterocycles. The van der Waals surface area contributed by atoms with Gasteiger partial charge in [0.1, 0.15) is 36.2 Å². The Labute approximate surface area is 298 Å². The number of aliphatic hydroxyl groups is 1. The van der Waals surface area contributed by atoms with Gasteiger partial charge in [0.25, 0.3) is 5.56 Å². The van der Waals surface area contributed by atoms with Crippen LogP contribution in [0.5, 0.6) is 0 Å². The zero-order valence-corrected chi connectivity index (χ0v) is 29.2. The molecule has 0 bridgehead atoms. The van der Waals surface area contributed by atoms with Crippen LogP contribution in [0, 0.1) is 11.6 Å². The third-order valence-corrected chi connectivity index (χ3v) is 10.3. The number of halogens is 2. The van der Waals surface area contributed by atoms with Gasteiger partial charge < -0.3 is 14.9 Å². The number of fused-ring (bicyclic) bond motifs is 1. The van der Waals surface area contributed by atoms with Crippen molar-refractivity contribution in [3.8, 4) is 5.69 Å². The fourth-order valence-electron chi connectivity index (χ4n) is 7.10. The van der Waals surface area contributed by atoms with Crippen LogP contribution in [-0.2, 0) is 12.1 Å². The first-order valence-electron chi connectivity index (χ1n) is 17.4. The minimum Gasteiger partial charge on any atom is -0.381 e. The van der Waals surface area contributed by atoms with Gasteiger partial charge in [-0.3, -0.25) is 9.36 Å². The summed E-state index contributed by atoms with van der Waals surface area (Å²) >= 11 is 0. The van der Waals surface area contributed by atoms with Crippen molar-refractivity contribution in [3.05, 3.63) is 124 Å². The zero-order chi connectivity index (χ0) is 36.6. The van der Waals surface area contributed by atoms with E-state index < -0.39 is 28.8 Å². The Morgan fingerprint density at radius 1 is 0.827 bits per heavy atom. The molecule has 15 heteroatoms. The van der Waals surface area contributed by atoms with E-state index in [1.165, 1.54) is 34.3 Å². The van der Waals surface area contributed by atoms with E-state index in [9.17, 15) is 19.1 Å². The van der Waals surface area contributed by atoms with Crippen LogP contribution in [0.3, 0.4) is 0 Å². The molecule has 0 aliphatic carbocycles. The van der Waals surface area contributed by atoms with Crippen molar-refractivity contribution in [3.63, 3.8) is 0 Å². The van der Waals surface area contributed by atoms with Crippen LogP contribution in [0.4, 0.5) is 20.2 Å². The number of rotatable bonds is 11. The van der Waals surface area contributed by atoms with Gasteiger partial charge in [0.2, 0.25) is 0 Å². The topological polar surface area (TPSA) is 132 Å². The first kappa shape index (κ1) is 34.7. The van der Waals surface area contributed by atoms with E-state index in [2.05, 4.69) is 43.8 Å². The molecule has 7 rings (SSSR count). The van der Waals surface area contributed by atoms with Crippen LogP contribution in [0.2, 0.25) is 0 Å². The van der Waals surface area contributed by atoms with Crippen molar-refractivity contribution < 1.29 is 13.9 Å². The highest BCUT2D eigenvalue weighted by Gasteiger charge is 2.41. The minimum absolute atomic E-state index is 0.0782. The predicted molar refractivity (Wildman–Crippen MR) is 193 cm³/mol. The fraction of sp³-hybridized carbons (Fsp3) is 0.351. The summed E-state index contributed by atoms with van der Waals surface area (Å²) in [5.74, 6) is -1.74. The molecule has 52 heavy (non-hydrogen) atoms. The standard InChI is InChI=1S/C37H40F2N10O3/c1-4-27(5-2)49-36(51)48(24-43-49)29-9-7-28(8-10-29)44-14-16-45(17-15-44)30-11-12-31-34(19-30)41-23-47(35(31)50)25(3)37(52,20-46-22-40-21-42-46)32-13-6-26(38)18-33(32)39/h6-13,18-19,21-25,27,52H,4-5,14-17,20H2,1-3H3. The van der Waals surface area contributed by atoms with E-state index >= 15 is 4.39 Å². The van der Waals surface area contributed by atoms with Crippen molar-refractivity contribution in [2.75, 3.05) is 36.0 Å². The van der Waals surface area contributed by atoms with Crippen molar-refractivity contribution in [1.29, 1.82) is 0 Å². The lowest BCUT2D eigenvalue weighted by atomic mass is 9.86. The first-order chi connectivity index (χ1) is 25.1. The summed E-state index contributed by atoms with van der Waals surface area (Å²) in [6.07, 6.45) is 7.26. The maximum Gasteiger partial charge on any atom is 0.350 e. The summed E-state index contributed by atoms with van der Waals surface area (Å²) in [5.41, 5.74) is 0.477. The summed E-state index contributed by atoms with van der Waals surface area (Å²) in [6.45, 7) is 8.45. The van der Waals surface area contributed by atoms with Gasteiger partial charge in [0, 0.05) is 49.2 Å². The van der Waals surface area contributed by atoms with Gasteiger partial charge in [-0.2, -0.15) is 10.2 Å². The van der Waals surface area contributed by atoms with E-state index in [0.717, 1.165) is 62.1 Å². The highest BCUT2D eigenvalue weighted by atomic mass is 19.1. The second kappa shape index (κ2) is 14.1. The van der Waals surface area contributed by atoms with Crippen LogP contribution >= 0.6 is 0 Å². The molecule has 13 nitrogen and oxygen atoms in total. The van der Waals surface area contributed by atoms with E-state index in [1.54, 1.807) is 28.6 Å². The lowest BCUT2D eigenvalue weighted by Crippen LogP contribution is -2.46. The molecule has 270 valence electrons. The fourth-order valence-corrected chi connectivity index (χ4v) is 7.10. The molecule has 2 atom stereocenters. The number of hydrogen-bond acceptors (Lipinski definition) is 9. The molecule has 1 fully saturated rings. The third kappa shape index (κ3) is 6.36. The number of anilines is 2. The van der Waals surface area contributed by atoms with Crippen molar-refractivity contribution in [2.45, 2.75) is 57.8 Å². The highest BCUT2D eigenvalue weighted by molar-refractivity contribution is 5.81. The van der Waals surface area contributed by atoms with Crippen molar-refractivity contribution in [1.82, 2.24) is 38.7 Å². The molecule has 1 aliphatic rings. The molecule has 0 radical (unpaired) electrons. The normalized spacial score (nSPS) is 15.4. The van der Waals surface area contributed by atoms with Crippen molar-refractivity contribution >= 4 is 22.3 Å². The molecule has 1 aliphatic heterocycles. The SMILES string of the molecule is CCC(CC)n1ncn(-c2ccc(N3CCN(c4ccc5c(=O)n(C(C)C(O)(Cn6cncn6)c6ccc(F)cc6F)cnc5c4)CC3)cc2)c1=O. The molecule has 4 heterocycles. The largest absolute Gasteiger partial charge is 0.381 e. The molecule has 0 spiro atoms. The summed E-state index contributed by atoms with van der Waals surface area (Å²) in [5, 5.41) is 20.7. The third-order valence-electron chi connectivity index (χ3n) is 10.3. The van der Waals surface area contributed by atoms with E-state index in [1.807, 2.05) is 36.4 Å². The van der Waals surface area contributed by atoms with Gasteiger partial charge in [0.05, 0.1) is 41.5 Å². The number of nitrogens with zero attached hydrogens (tertiary/aromatic N) is 10. The van der Waals surface area contributed by atoms with Crippen molar-refractivity contribution in [2.24, 2.45) is 0 Å². The van der Waals surface area contributed by atoms with Gasteiger partial charge in [-0.05, 0) is 68.3 Å². The van der Waals surface area contributed by atoms with E-state index in [-0.39, 0.29) is 23.8 Å². The Hall–Kier alpha value is -5.70. The average Bonchev–Trinajstić information content (AvgIpc) is 3.81. The smallest absolute Gasteiger partial charge is 0.350 e. The zero-order valence-electron chi connectivity index (χ0n) is 29.2. The van der Waals surface area contributed by atoms with E-state index in [0.29, 0.717) is 17.0 Å². The lowest BCUT2D eigenvalue weighted by molar-refractivity contribution is -0.0343. The Morgan fingerprint density at radius 3 is 2.15 bits per heavy atom. The number of hydrogen-bond donors (Lipinski definition) is 1. The van der Waals surface area contributed by atoms with Crippen LogP contribution in [0.15, 0.2) is 95.6 Å². The first-order valence-corrected chi connectivity index (χ1v) is 17.4. The van der Waals surface area contributed by atoms with Gasteiger partial charge in [0.15, 0.2) is 0 Å². The molecule has 1 saturated heterocycles. The second-order valence-corrected chi connectivity index (χ2v) is 13.2. The van der Waals surface area contributed by atoms with Crippen LogP contribution < -0.4 is 21.0 Å². The monoisotopic (exact) mass is 710 g/mol. The average molecular weight is 711 g/mol. The number of piperazine rings is 1. The van der Waals surface area contributed by atoms with Gasteiger partial charge in [-0.1, -0.05) is 19.9 Å². The number of benzene rings is 3. The molecule has 2 unspecified atom stereocenters. The molecule has 0 saturated carbocycles. The molecule has 0 amide bonds. The van der Waals surface area contributed by atoms with Gasteiger partial charge in [-0.15, -0.1) is 0 Å².